The van der Waals surface area contributed by atoms with Gasteiger partial charge in [-0.05, 0) is 31.2 Å². The molecule has 0 aliphatic rings. The van der Waals surface area contributed by atoms with Gasteiger partial charge >= 0.3 is 0 Å². The first-order valence-electron chi connectivity index (χ1n) is 7.78. The number of thioether (sulfide) groups is 1. The van der Waals surface area contributed by atoms with Crippen LogP contribution in [0.15, 0.2) is 40.1 Å². The van der Waals surface area contributed by atoms with Crippen molar-refractivity contribution in [1.82, 2.24) is 14.8 Å². The number of nitrogens with zero attached hydrogens (tertiary/aromatic N) is 3. The van der Waals surface area contributed by atoms with Crippen LogP contribution < -0.4 is 4.74 Å². The highest BCUT2D eigenvalue weighted by atomic mass is 35.5. The number of benzene rings is 1. The summed E-state index contributed by atoms with van der Waals surface area (Å²) in [5.74, 6) is 2.39. The van der Waals surface area contributed by atoms with Gasteiger partial charge in [0, 0.05) is 17.8 Å². The van der Waals surface area contributed by atoms with Crippen molar-refractivity contribution in [2.45, 2.75) is 18.2 Å². The summed E-state index contributed by atoms with van der Waals surface area (Å²) in [6.45, 7) is 1.99. The number of hydrogen-bond acceptors (Lipinski definition) is 6. The number of hydrogen-bond donors (Lipinski definition) is 1. The number of ether oxygens (including phenoxy) is 1. The molecule has 1 atom stereocenters. The summed E-state index contributed by atoms with van der Waals surface area (Å²) in [5.41, 5.74) is 0.896. The fourth-order valence-corrected chi connectivity index (χ4v) is 3.57. The quantitative estimate of drug-likeness (QED) is 0.584. The molecule has 3 rings (SSSR count). The first-order valence-corrected chi connectivity index (χ1v) is 9.52. The van der Waals surface area contributed by atoms with Crippen LogP contribution in [0.1, 0.15) is 5.76 Å². The molecule has 2 aromatic heterocycles. The van der Waals surface area contributed by atoms with Crippen molar-refractivity contribution in [3.63, 3.8) is 0 Å². The highest BCUT2D eigenvalue weighted by molar-refractivity contribution is 7.99. The van der Waals surface area contributed by atoms with Crippen LogP contribution in [0.25, 0.3) is 11.4 Å². The van der Waals surface area contributed by atoms with Crippen LogP contribution in [0.5, 0.6) is 5.75 Å². The highest BCUT2D eigenvalue weighted by Crippen LogP contribution is 2.28. The zero-order chi connectivity index (χ0) is 18.7. The van der Waals surface area contributed by atoms with E-state index in [1.54, 1.807) is 24.5 Å². The second-order valence-electron chi connectivity index (χ2n) is 5.61. The van der Waals surface area contributed by atoms with Crippen molar-refractivity contribution < 1.29 is 14.3 Å². The van der Waals surface area contributed by atoms with Crippen LogP contribution in [-0.4, -0.2) is 38.3 Å². The number of aromatic nitrogens is 3. The molecule has 26 heavy (non-hydrogen) atoms. The number of aliphatic hydroxyl groups is 1. The molecule has 138 valence electrons. The lowest BCUT2D eigenvalue weighted by Crippen LogP contribution is -2.20. The Kier molecular flexibility index (Phi) is 6.13. The third-order valence-corrected chi connectivity index (χ3v) is 5.36. The molecule has 0 saturated heterocycles. The van der Waals surface area contributed by atoms with Crippen LogP contribution in [-0.2, 0) is 7.05 Å². The summed E-state index contributed by atoms with van der Waals surface area (Å²) in [5, 5.41) is 20.2. The van der Waals surface area contributed by atoms with E-state index < -0.39 is 6.10 Å². The molecular formula is C17H17Cl2N3O3S. The SMILES string of the molecule is Cc1occc1-c1nnc(SC[C@H](O)COc2ccc(Cl)cc2Cl)n1C. The zero-order valence-electron chi connectivity index (χ0n) is 14.1. The molecule has 0 unspecified atom stereocenters. The van der Waals surface area contributed by atoms with Crippen LogP contribution >= 0.6 is 35.0 Å². The molecule has 9 heteroatoms. The van der Waals surface area contributed by atoms with Gasteiger partial charge in [-0.3, -0.25) is 0 Å². The van der Waals surface area contributed by atoms with Gasteiger partial charge in [0.15, 0.2) is 11.0 Å². The predicted molar refractivity (Wildman–Crippen MR) is 102 cm³/mol. The second kappa shape index (κ2) is 8.35. The molecular weight excluding hydrogens is 397 g/mol. The first kappa shape index (κ1) is 19.1. The summed E-state index contributed by atoms with van der Waals surface area (Å²) in [6.07, 6.45) is 0.928. The van der Waals surface area contributed by atoms with Gasteiger partial charge in [-0.25, -0.2) is 0 Å². The predicted octanol–water partition coefficient (Wildman–Crippen LogP) is 4.22. The standard InChI is InChI=1S/C17H17Cl2N3O3S/c1-10-13(5-6-24-10)16-20-21-17(22(16)2)26-9-12(23)8-25-15-4-3-11(18)7-14(15)19/h3-7,12,23H,8-9H2,1-2H3/t12-/m1/s1. The monoisotopic (exact) mass is 413 g/mol. The van der Waals surface area contributed by atoms with E-state index in [4.69, 9.17) is 32.4 Å². The van der Waals surface area contributed by atoms with E-state index in [0.29, 0.717) is 26.7 Å². The molecule has 1 N–H and O–H groups in total. The third-order valence-electron chi connectivity index (χ3n) is 3.66. The van der Waals surface area contributed by atoms with Crippen molar-refractivity contribution in [3.8, 4) is 17.1 Å². The van der Waals surface area contributed by atoms with Crippen molar-refractivity contribution in [3.05, 3.63) is 46.3 Å². The van der Waals surface area contributed by atoms with E-state index in [9.17, 15) is 5.11 Å². The van der Waals surface area contributed by atoms with Gasteiger partial charge in [0.25, 0.3) is 0 Å². The van der Waals surface area contributed by atoms with Crippen LogP contribution in [0.4, 0.5) is 0 Å². The summed E-state index contributed by atoms with van der Waals surface area (Å²) in [7, 11) is 1.88. The van der Waals surface area contributed by atoms with Gasteiger partial charge in [-0.2, -0.15) is 0 Å². The number of furan rings is 1. The van der Waals surface area contributed by atoms with E-state index in [2.05, 4.69) is 10.2 Å². The molecule has 0 fully saturated rings. The van der Waals surface area contributed by atoms with Gasteiger partial charge in [0.05, 0.1) is 23.0 Å². The lowest BCUT2D eigenvalue weighted by Gasteiger charge is -2.13. The topological polar surface area (TPSA) is 73.3 Å². The Bertz CT molecular complexity index is 897. The third kappa shape index (κ3) is 4.35. The molecule has 0 spiro atoms. The summed E-state index contributed by atoms with van der Waals surface area (Å²) < 4.78 is 12.7. The molecule has 0 aliphatic heterocycles. The van der Waals surface area contributed by atoms with E-state index >= 15 is 0 Å². The average Bonchev–Trinajstić information content (AvgIpc) is 3.17. The van der Waals surface area contributed by atoms with Gasteiger partial charge < -0.3 is 18.8 Å². The molecule has 0 aliphatic carbocycles. The zero-order valence-corrected chi connectivity index (χ0v) is 16.5. The van der Waals surface area contributed by atoms with Crippen LogP contribution in [0, 0.1) is 6.92 Å². The minimum absolute atomic E-state index is 0.111. The Morgan fingerprint density at radius 2 is 2.12 bits per heavy atom. The molecule has 0 amide bonds. The molecule has 0 saturated carbocycles. The number of aryl methyl sites for hydroxylation is 1. The minimum Gasteiger partial charge on any atom is -0.489 e. The summed E-state index contributed by atoms with van der Waals surface area (Å²) >= 11 is 13.3. The van der Waals surface area contributed by atoms with Crippen molar-refractivity contribution in [2.75, 3.05) is 12.4 Å². The lowest BCUT2D eigenvalue weighted by atomic mass is 10.2. The molecule has 0 radical (unpaired) electrons. The molecule has 3 aromatic rings. The van der Waals surface area contributed by atoms with Crippen molar-refractivity contribution in [2.24, 2.45) is 7.05 Å². The average molecular weight is 414 g/mol. The Balaban J connectivity index is 1.56. The van der Waals surface area contributed by atoms with E-state index in [1.165, 1.54) is 11.8 Å². The number of aliphatic hydroxyl groups excluding tert-OH is 1. The van der Waals surface area contributed by atoms with Crippen molar-refractivity contribution in [1.29, 1.82) is 0 Å². The van der Waals surface area contributed by atoms with Gasteiger partial charge in [0.2, 0.25) is 0 Å². The number of rotatable bonds is 7. The smallest absolute Gasteiger partial charge is 0.191 e. The first-order chi connectivity index (χ1) is 12.5. The molecule has 1 aromatic carbocycles. The normalized spacial score (nSPS) is 12.3. The van der Waals surface area contributed by atoms with E-state index in [1.807, 2.05) is 24.6 Å². The number of halogens is 2. The molecule has 0 bridgehead atoms. The minimum atomic E-state index is -0.692. The second-order valence-corrected chi connectivity index (χ2v) is 7.44. The van der Waals surface area contributed by atoms with Gasteiger partial charge in [-0.15, -0.1) is 10.2 Å². The maximum Gasteiger partial charge on any atom is 0.191 e. The van der Waals surface area contributed by atoms with E-state index in [0.717, 1.165) is 17.1 Å². The fourth-order valence-electron chi connectivity index (χ4n) is 2.29. The Morgan fingerprint density at radius 3 is 2.81 bits per heavy atom. The maximum atomic E-state index is 10.2. The highest BCUT2D eigenvalue weighted by Gasteiger charge is 2.16. The molecule has 2 heterocycles. The Hall–Kier alpha value is -1.67. The van der Waals surface area contributed by atoms with Gasteiger partial charge in [-0.1, -0.05) is 35.0 Å². The summed E-state index contributed by atoms with van der Waals surface area (Å²) in [4.78, 5) is 0. The van der Waals surface area contributed by atoms with Crippen LogP contribution in [0.2, 0.25) is 10.0 Å². The Morgan fingerprint density at radius 1 is 1.31 bits per heavy atom. The van der Waals surface area contributed by atoms with E-state index in [-0.39, 0.29) is 6.61 Å². The Labute approximate surface area is 165 Å². The molecule has 6 nitrogen and oxygen atoms in total. The largest absolute Gasteiger partial charge is 0.489 e. The van der Waals surface area contributed by atoms with Gasteiger partial charge in [0.1, 0.15) is 18.1 Å². The van der Waals surface area contributed by atoms with Crippen LogP contribution in [0.3, 0.4) is 0 Å². The van der Waals surface area contributed by atoms with Crippen molar-refractivity contribution >= 4 is 35.0 Å². The maximum absolute atomic E-state index is 10.2. The fraction of sp³-hybridized carbons (Fsp3) is 0.294. The lowest BCUT2D eigenvalue weighted by molar-refractivity contribution is 0.126. The summed E-state index contributed by atoms with van der Waals surface area (Å²) in [6, 6.07) is 6.81.